The van der Waals surface area contributed by atoms with E-state index in [0.29, 0.717) is 17.0 Å². The number of hydrazine groups is 1. The van der Waals surface area contributed by atoms with Crippen molar-refractivity contribution in [2.45, 2.75) is 25.4 Å². The number of rotatable bonds is 2. The maximum absolute atomic E-state index is 14.1. The van der Waals surface area contributed by atoms with Crippen LogP contribution in [0.15, 0.2) is 47.5 Å². The number of nitrogens with zero attached hydrogens (tertiary/aromatic N) is 8. The van der Waals surface area contributed by atoms with Gasteiger partial charge in [-0.1, -0.05) is 29.6 Å². The summed E-state index contributed by atoms with van der Waals surface area (Å²) in [5, 5.41) is 12.9. The van der Waals surface area contributed by atoms with Gasteiger partial charge in [0.25, 0.3) is 0 Å². The first-order chi connectivity index (χ1) is 12.7. The lowest BCUT2D eigenvalue weighted by Gasteiger charge is -2.42. The summed E-state index contributed by atoms with van der Waals surface area (Å²) in [6, 6.07) is 7.99. The number of anilines is 1. The molecule has 0 spiro atoms. The van der Waals surface area contributed by atoms with E-state index in [1.807, 2.05) is 45.5 Å². The maximum Gasteiger partial charge on any atom is 0.173 e. The first-order valence-electron chi connectivity index (χ1n) is 8.75. The van der Waals surface area contributed by atoms with Gasteiger partial charge in [-0.25, -0.2) is 10.0 Å². The van der Waals surface area contributed by atoms with Crippen molar-refractivity contribution < 1.29 is 4.48 Å². The number of hydrogen-bond acceptors (Lipinski definition) is 7. The Hall–Kier alpha value is -3.10. The second-order valence-electron chi connectivity index (χ2n) is 7.19. The zero-order valence-corrected chi connectivity index (χ0v) is 14.1. The second-order valence-corrected chi connectivity index (χ2v) is 7.19. The van der Waals surface area contributed by atoms with Crippen molar-refractivity contribution in [2.75, 3.05) is 16.7 Å². The van der Waals surface area contributed by atoms with Crippen molar-refractivity contribution in [1.29, 1.82) is 0 Å². The highest BCUT2D eigenvalue weighted by molar-refractivity contribution is 5.74. The van der Waals surface area contributed by atoms with Gasteiger partial charge in [-0.15, -0.1) is 9.89 Å². The molecule has 0 bridgehead atoms. The molecule has 3 aliphatic heterocycles. The summed E-state index contributed by atoms with van der Waals surface area (Å²) in [6.07, 6.45) is 5.96. The minimum Gasteiger partial charge on any atom is -0.304 e. The monoisotopic (exact) mass is 352 g/mol. The minimum absolute atomic E-state index is 0.160. The highest BCUT2D eigenvalue weighted by Crippen LogP contribution is 2.48. The van der Waals surface area contributed by atoms with Gasteiger partial charge in [-0.3, -0.25) is 0 Å². The number of aromatic nitrogens is 3. The highest BCUT2D eigenvalue weighted by Gasteiger charge is 2.46. The highest BCUT2D eigenvalue weighted by atomic mass is 19.2. The fraction of sp³-hybridized carbons (Fsp3) is 0.353. The third kappa shape index (κ3) is 1.74. The van der Waals surface area contributed by atoms with Crippen LogP contribution < -0.4 is 10.0 Å². The molecule has 9 heteroatoms. The van der Waals surface area contributed by atoms with Crippen molar-refractivity contribution in [2.24, 2.45) is 10.9 Å². The van der Waals surface area contributed by atoms with Crippen LogP contribution in [0.5, 0.6) is 0 Å². The summed E-state index contributed by atoms with van der Waals surface area (Å²) in [4.78, 5) is 8.42. The molecule has 1 aromatic heterocycles. The molecule has 0 amide bonds. The second kappa shape index (κ2) is 4.75. The van der Waals surface area contributed by atoms with Crippen LogP contribution in [0.3, 0.4) is 0 Å². The molecule has 132 valence electrons. The van der Waals surface area contributed by atoms with Crippen LogP contribution in [0, 0.1) is 5.92 Å². The van der Waals surface area contributed by atoms with Gasteiger partial charge in [0.05, 0.1) is 23.8 Å². The Labute approximate surface area is 149 Å². The van der Waals surface area contributed by atoms with Gasteiger partial charge in [0.15, 0.2) is 12.0 Å². The standard InChI is InChI=1S/C17H17FN8/c1-11-6-13(11)15-7-20-21-26(15)24-9-19-17-12-4-2-3-5-14(12)23-10-22(18)8-16(23)25(17)24/h2-5,7-9,11,13,17H,6,10H2,1H3. The zero-order valence-electron chi connectivity index (χ0n) is 14.1. The number of fused-ring (bicyclic) bond motifs is 6. The summed E-state index contributed by atoms with van der Waals surface area (Å²) in [7, 11) is 0. The van der Waals surface area contributed by atoms with E-state index in [1.165, 1.54) is 6.20 Å². The van der Waals surface area contributed by atoms with E-state index in [2.05, 4.69) is 17.2 Å². The van der Waals surface area contributed by atoms with E-state index in [-0.39, 0.29) is 12.8 Å². The summed E-state index contributed by atoms with van der Waals surface area (Å²) in [6.45, 7) is 2.38. The molecule has 6 rings (SSSR count). The summed E-state index contributed by atoms with van der Waals surface area (Å²) in [5.41, 5.74) is 3.08. The molecule has 26 heavy (non-hydrogen) atoms. The van der Waals surface area contributed by atoms with Crippen molar-refractivity contribution in [1.82, 2.24) is 25.2 Å². The van der Waals surface area contributed by atoms with Crippen molar-refractivity contribution in [3.05, 3.63) is 53.7 Å². The molecule has 1 aromatic carbocycles. The molecule has 0 radical (unpaired) electrons. The van der Waals surface area contributed by atoms with E-state index in [0.717, 1.165) is 29.2 Å². The zero-order chi connectivity index (χ0) is 17.4. The van der Waals surface area contributed by atoms with Crippen LogP contribution in [0.4, 0.5) is 10.2 Å². The van der Waals surface area contributed by atoms with Crippen LogP contribution in [-0.4, -0.2) is 38.2 Å². The van der Waals surface area contributed by atoms with Crippen LogP contribution in [0.25, 0.3) is 0 Å². The molecular weight excluding hydrogens is 335 g/mol. The molecular formula is C17H17FN8. The summed E-state index contributed by atoms with van der Waals surface area (Å²) in [5.74, 6) is 1.83. The van der Waals surface area contributed by atoms with E-state index < -0.39 is 0 Å². The van der Waals surface area contributed by atoms with E-state index in [1.54, 1.807) is 11.1 Å². The quantitative estimate of drug-likeness (QED) is 0.772. The Morgan fingerprint density at radius 1 is 1.23 bits per heavy atom. The summed E-state index contributed by atoms with van der Waals surface area (Å²) >= 11 is 0. The molecule has 4 aliphatic rings. The van der Waals surface area contributed by atoms with E-state index in [4.69, 9.17) is 4.99 Å². The Morgan fingerprint density at radius 3 is 2.92 bits per heavy atom. The largest absolute Gasteiger partial charge is 0.304 e. The van der Waals surface area contributed by atoms with Crippen LogP contribution in [0.2, 0.25) is 0 Å². The normalized spacial score (nSPS) is 28.2. The topological polar surface area (TPSA) is 56.0 Å². The average Bonchev–Trinajstić information content (AvgIpc) is 3.05. The molecule has 0 N–H and O–H groups in total. The van der Waals surface area contributed by atoms with Crippen molar-refractivity contribution >= 4 is 12.0 Å². The first kappa shape index (κ1) is 14.1. The Kier molecular flexibility index (Phi) is 2.58. The molecule has 3 atom stereocenters. The van der Waals surface area contributed by atoms with Gasteiger partial charge in [0.1, 0.15) is 13.0 Å². The van der Waals surface area contributed by atoms with E-state index >= 15 is 0 Å². The van der Waals surface area contributed by atoms with Crippen LogP contribution >= 0.6 is 0 Å². The molecule has 2 aromatic rings. The van der Waals surface area contributed by atoms with Crippen molar-refractivity contribution in [3.8, 4) is 0 Å². The van der Waals surface area contributed by atoms with Gasteiger partial charge in [0.2, 0.25) is 0 Å². The average molecular weight is 352 g/mol. The summed E-state index contributed by atoms with van der Waals surface area (Å²) < 4.78 is 14.1. The number of hydrogen-bond donors (Lipinski definition) is 0. The Bertz CT molecular complexity index is 952. The number of halogens is 1. The lowest BCUT2D eigenvalue weighted by Crippen LogP contribution is -2.51. The first-order valence-corrected chi connectivity index (χ1v) is 8.75. The van der Waals surface area contributed by atoms with Gasteiger partial charge < -0.3 is 4.90 Å². The smallest absolute Gasteiger partial charge is 0.173 e. The lowest BCUT2D eigenvalue weighted by molar-refractivity contribution is 0.104. The molecule has 4 heterocycles. The molecule has 0 saturated heterocycles. The third-order valence-corrected chi connectivity index (χ3v) is 5.55. The Morgan fingerprint density at radius 2 is 2.08 bits per heavy atom. The van der Waals surface area contributed by atoms with Gasteiger partial charge >= 0.3 is 0 Å². The number of benzene rings is 1. The molecule has 1 fully saturated rings. The van der Waals surface area contributed by atoms with Crippen LogP contribution in [0.1, 0.15) is 36.7 Å². The molecule has 1 aliphatic carbocycles. The fourth-order valence-electron chi connectivity index (χ4n) is 4.09. The predicted molar refractivity (Wildman–Crippen MR) is 92.7 cm³/mol. The molecule has 8 nitrogen and oxygen atoms in total. The van der Waals surface area contributed by atoms with Crippen molar-refractivity contribution in [3.63, 3.8) is 0 Å². The SMILES string of the molecule is CC1CC1c1cnnn1N1C=NC2c3ccccc3N3CN(F)C=C3N21. The molecule has 1 saturated carbocycles. The third-order valence-electron chi connectivity index (χ3n) is 5.55. The fourth-order valence-corrected chi connectivity index (χ4v) is 4.09. The van der Waals surface area contributed by atoms with Gasteiger partial charge in [-0.2, -0.15) is 10.2 Å². The van der Waals surface area contributed by atoms with Crippen LogP contribution in [-0.2, 0) is 0 Å². The van der Waals surface area contributed by atoms with E-state index in [9.17, 15) is 4.48 Å². The van der Waals surface area contributed by atoms with Gasteiger partial charge in [0, 0.05) is 11.5 Å². The minimum atomic E-state index is -0.242. The number of aliphatic imine (C=N–C) groups is 1. The lowest BCUT2D eigenvalue weighted by atomic mass is 10.1. The molecule has 3 unspecified atom stereocenters. The maximum atomic E-state index is 14.1. The predicted octanol–water partition coefficient (Wildman–Crippen LogP) is 2.07. The number of para-hydroxylation sites is 1. The Balaban J connectivity index is 1.47. The van der Waals surface area contributed by atoms with Gasteiger partial charge in [-0.05, 0) is 23.6 Å².